The summed E-state index contributed by atoms with van der Waals surface area (Å²) in [4.78, 5) is 16.4. The van der Waals surface area contributed by atoms with Crippen LogP contribution in [0.5, 0.6) is 5.88 Å². The van der Waals surface area contributed by atoms with Crippen LogP contribution < -0.4 is 10.1 Å². The van der Waals surface area contributed by atoms with Crippen LogP contribution in [0.25, 0.3) is 0 Å². The number of nitrogens with zero attached hydrogens (tertiary/aromatic N) is 1. The number of hydrogen-bond donors (Lipinski definition) is 1. The first-order valence-corrected chi connectivity index (χ1v) is 7.87. The van der Waals surface area contributed by atoms with E-state index in [1.165, 1.54) is 37.1 Å². The van der Waals surface area contributed by atoms with Gasteiger partial charge in [-0.2, -0.15) is 0 Å². The Bertz CT molecular complexity index is 667. The van der Waals surface area contributed by atoms with Crippen molar-refractivity contribution in [1.29, 1.82) is 0 Å². The van der Waals surface area contributed by atoms with Crippen LogP contribution in [0, 0.1) is 5.82 Å². The molecule has 1 aromatic carbocycles. The lowest BCUT2D eigenvalue weighted by Gasteiger charge is -2.15. The second-order valence-corrected chi connectivity index (χ2v) is 5.68. The minimum absolute atomic E-state index is 0.219. The van der Waals surface area contributed by atoms with Gasteiger partial charge in [0.05, 0.1) is 0 Å². The van der Waals surface area contributed by atoms with Gasteiger partial charge in [0.1, 0.15) is 11.9 Å². The molecular weight excluding hydrogens is 295 g/mol. The molecule has 1 saturated carbocycles. The maximum Gasteiger partial charge on any atom is 0.251 e. The van der Waals surface area contributed by atoms with Gasteiger partial charge >= 0.3 is 0 Å². The fourth-order valence-corrected chi connectivity index (χ4v) is 2.71. The van der Waals surface area contributed by atoms with Crippen molar-refractivity contribution in [3.8, 4) is 5.88 Å². The molecule has 0 unspecified atom stereocenters. The molecule has 1 heterocycles. The molecule has 0 atom stereocenters. The summed E-state index contributed by atoms with van der Waals surface area (Å²) in [7, 11) is 0. The van der Waals surface area contributed by atoms with Crippen molar-refractivity contribution < 1.29 is 13.9 Å². The quantitative estimate of drug-likeness (QED) is 0.919. The molecular formula is C18H19FN2O2. The van der Waals surface area contributed by atoms with Gasteiger partial charge in [-0.1, -0.05) is 6.07 Å². The van der Waals surface area contributed by atoms with E-state index in [1.54, 1.807) is 6.20 Å². The van der Waals surface area contributed by atoms with E-state index in [4.69, 9.17) is 4.74 Å². The summed E-state index contributed by atoms with van der Waals surface area (Å²) in [5, 5.41) is 2.82. The lowest BCUT2D eigenvalue weighted by atomic mass is 10.2. The Balaban J connectivity index is 1.63. The molecule has 1 N–H and O–H groups in total. The Morgan fingerprint density at radius 2 is 1.96 bits per heavy atom. The van der Waals surface area contributed by atoms with E-state index in [0.29, 0.717) is 18.0 Å². The number of carbonyl (C=O) groups excluding carboxylic acids is 1. The molecule has 0 aliphatic heterocycles. The smallest absolute Gasteiger partial charge is 0.251 e. The van der Waals surface area contributed by atoms with Crippen LogP contribution in [0.3, 0.4) is 0 Å². The molecule has 1 amide bonds. The van der Waals surface area contributed by atoms with Crippen LogP contribution in [-0.2, 0) is 6.54 Å². The second-order valence-electron chi connectivity index (χ2n) is 5.68. The summed E-state index contributed by atoms with van der Waals surface area (Å²) in [6.07, 6.45) is 6.39. The highest BCUT2D eigenvalue weighted by Gasteiger charge is 2.18. The molecule has 0 radical (unpaired) electrons. The predicted molar refractivity (Wildman–Crippen MR) is 84.7 cm³/mol. The third-order valence-corrected chi connectivity index (χ3v) is 3.98. The molecule has 4 nitrogen and oxygen atoms in total. The average Bonchev–Trinajstić information content (AvgIpc) is 3.07. The summed E-state index contributed by atoms with van der Waals surface area (Å²) in [6.45, 7) is 0.325. The number of ether oxygens (including phenoxy) is 1. The van der Waals surface area contributed by atoms with Crippen LogP contribution in [0.15, 0.2) is 42.6 Å². The van der Waals surface area contributed by atoms with Gasteiger partial charge in [0.2, 0.25) is 5.88 Å². The molecule has 1 aliphatic carbocycles. The van der Waals surface area contributed by atoms with Crippen LogP contribution in [-0.4, -0.2) is 17.0 Å². The minimum Gasteiger partial charge on any atom is -0.474 e. The number of pyridine rings is 1. The van der Waals surface area contributed by atoms with Crippen LogP contribution >= 0.6 is 0 Å². The first kappa shape index (κ1) is 15.5. The van der Waals surface area contributed by atoms with E-state index in [0.717, 1.165) is 18.4 Å². The zero-order valence-corrected chi connectivity index (χ0v) is 12.8. The third kappa shape index (κ3) is 4.06. The van der Waals surface area contributed by atoms with Gasteiger partial charge in [-0.25, -0.2) is 9.37 Å². The third-order valence-electron chi connectivity index (χ3n) is 3.98. The molecule has 3 rings (SSSR count). The molecule has 1 fully saturated rings. The van der Waals surface area contributed by atoms with Gasteiger partial charge in [0.25, 0.3) is 5.91 Å². The summed E-state index contributed by atoms with van der Waals surface area (Å²) in [5.74, 6) is -0.0273. The predicted octanol–water partition coefficient (Wildman–Crippen LogP) is 3.47. The first-order valence-electron chi connectivity index (χ1n) is 7.87. The maximum absolute atomic E-state index is 12.9. The fourth-order valence-electron chi connectivity index (χ4n) is 2.71. The molecule has 0 saturated heterocycles. The highest BCUT2D eigenvalue weighted by Crippen LogP contribution is 2.24. The van der Waals surface area contributed by atoms with Gasteiger partial charge in [-0.15, -0.1) is 0 Å². The van der Waals surface area contributed by atoms with Crippen LogP contribution in [0.1, 0.15) is 41.6 Å². The number of nitrogens with one attached hydrogen (secondary N) is 1. The first-order chi connectivity index (χ1) is 11.2. The van der Waals surface area contributed by atoms with Gasteiger partial charge < -0.3 is 10.1 Å². The van der Waals surface area contributed by atoms with Crippen molar-refractivity contribution in [2.24, 2.45) is 0 Å². The average molecular weight is 314 g/mol. The number of aromatic nitrogens is 1. The van der Waals surface area contributed by atoms with E-state index in [1.807, 2.05) is 12.1 Å². The lowest BCUT2D eigenvalue weighted by molar-refractivity contribution is 0.0950. The molecule has 23 heavy (non-hydrogen) atoms. The summed E-state index contributed by atoms with van der Waals surface area (Å²) in [5.41, 5.74) is 1.27. The van der Waals surface area contributed by atoms with Crippen LogP contribution in [0.2, 0.25) is 0 Å². The Morgan fingerprint density at radius 1 is 1.22 bits per heavy atom. The number of halogens is 1. The monoisotopic (exact) mass is 314 g/mol. The largest absolute Gasteiger partial charge is 0.474 e. The van der Waals surface area contributed by atoms with Crippen molar-refractivity contribution >= 4 is 5.91 Å². The van der Waals surface area contributed by atoms with Crippen LogP contribution in [0.4, 0.5) is 4.39 Å². The zero-order valence-electron chi connectivity index (χ0n) is 12.8. The Hall–Kier alpha value is -2.43. The van der Waals surface area contributed by atoms with E-state index >= 15 is 0 Å². The number of amides is 1. The normalized spacial score (nSPS) is 14.7. The van der Waals surface area contributed by atoms with Crippen molar-refractivity contribution in [3.05, 3.63) is 59.5 Å². The van der Waals surface area contributed by atoms with Crippen molar-refractivity contribution in [1.82, 2.24) is 10.3 Å². The summed E-state index contributed by atoms with van der Waals surface area (Å²) < 4.78 is 18.8. The molecule has 1 aliphatic rings. The Morgan fingerprint density at radius 3 is 2.70 bits per heavy atom. The standard InChI is InChI=1S/C18H19FN2O2/c19-15-9-7-13(8-10-15)17(22)21-12-14-4-3-11-20-18(14)23-16-5-1-2-6-16/h3-4,7-11,16H,1-2,5-6,12H2,(H,21,22). The molecule has 120 valence electrons. The van der Waals surface area contributed by atoms with E-state index in [9.17, 15) is 9.18 Å². The van der Waals surface area contributed by atoms with Crippen molar-refractivity contribution in [3.63, 3.8) is 0 Å². The van der Waals surface area contributed by atoms with E-state index < -0.39 is 0 Å². The minimum atomic E-state index is -0.360. The highest BCUT2D eigenvalue weighted by atomic mass is 19.1. The molecule has 1 aromatic heterocycles. The van der Waals surface area contributed by atoms with E-state index in [-0.39, 0.29) is 17.8 Å². The summed E-state index contributed by atoms with van der Waals surface area (Å²) >= 11 is 0. The lowest BCUT2D eigenvalue weighted by Crippen LogP contribution is -2.23. The van der Waals surface area contributed by atoms with Crippen molar-refractivity contribution in [2.45, 2.75) is 38.3 Å². The fraction of sp³-hybridized carbons (Fsp3) is 0.333. The molecule has 2 aromatic rings. The Kier molecular flexibility index (Phi) is 4.86. The second kappa shape index (κ2) is 7.22. The maximum atomic E-state index is 12.9. The van der Waals surface area contributed by atoms with Gasteiger partial charge in [0.15, 0.2) is 0 Å². The summed E-state index contributed by atoms with van der Waals surface area (Å²) in [6, 6.07) is 9.18. The number of hydrogen-bond acceptors (Lipinski definition) is 3. The number of benzene rings is 1. The van der Waals surface area contributed by atoms with Crippen molar-refractivity contribution in [2.75, 3.05) is 0 Å². The van der Waals surface area contributed by atoms with Gasteiger partial charge in [0, 0.05) is 23.9 Å². The zero-order chi connectivity index (χ0) is 16.1. The van der Waals surface area contributed by atoms with E-state index in [2.05, 4.69) is 10.3 Å². The molecule has 0 bridgehead atoms. The molecule has 0 spiro atoms. The SMILES string of the molecule is O=C(NCc1cccnc1OC1CCCC1)c1ccc(F)cc1. The molecule has 5 heteroatoms. The Labute approximate surface area is 134 Å². The number of carbonyl (C=O) groups is 1. The topological polar surface area (TPSA) is 51.2 Å². The van der Waals surface area contributed by atoms with Gasteiger partial charge in [-0.3, -0.25) is 4.79 Å². The number of rotatable bonds is 5. The highest BCUT2D eigenvalue weighted by molar-refractivity contribution is 5.94. The van der Waals surface area contributed by atoms with Gasteiger partial charge in [-0.05, 0) is 56.0 Å².